The molecule has 3 heterocycles. The molecule has 1 unspecified atom stereocenters. The second-order valence-corrected chi connectivity index (χ2v) is 15.4. The summed E-state index contributed by atoms with van der Waals surface area (Å²) in [6.45, 7) is 5.13. The number of para-hydroxylation sites is 2. The molecular weight excluding hydrogens is 792 g/mol. The number of anilines is 2. The fourth-order valence-electron chi connectivity index (χ4n) is 7.57. The normalized spacial score (nSPS) is 31.5. The lowest BCUT2D eigenvalue weighted by molar-refractivity contribution is -0.312. The van der Waals surface area contributed by atoms with Gasteiger partial charge in [0.25, 0.3) is 0 Å². The molecule has 0 saturated carbocycles. The van der Waals surface area contributed by atoms with Gasteiger partial charge in [-0.15, -0.1) is 0 Å². The lowest BCUT2D eigenvalue weighted by Crippen LogP contribution is -2.61. The van der Waals surface area contributed by atoms with Crippen LogP contribution in [0.25, 0.3) is 0 Å². The molecule has 2 aromatic rings. The Kier molecular flexibility index (Phi) is 18.4. The van der Waals surface area contributed by atoms with E-state index >= 15 is 0 Å². The number of aliphatic hydroxyl groups is 11. The van der Waals surface area contributed by atoms with Crippen LogP contribution in [0, 0.1) is 0 Å². The topological polar surface area (TPSA) is 284 Å². The van der Waals surface area contributed by atoms with Gasteiger partial charge in [-0.1, -0.05) is 43.0 Å². The molecule has 0 radical (unpaired) electrons. The van der Waals surface area contributed by atoms with E-state index in [0.717, 1.165) is 24.5 Å². The quantitative estimate of drug-likeness (QED) is 0.0324. The van der Waals surface area contributed by atoms with Gasteiger partial charge in [-0.3, -0.25) is 0 Å². The molecule has 0 aliphatic carbocycles. The van der Waals surface area contributed by atoms with Crippen LogP contribution in [0.5, 0.6) is 0 Å². The predicted octanol–water partition coefficient (Wildman–Crippen LogP) is -2.82. The number of nitrogens with zero attached hydrogens (tertiary/aromatic N) is 2. The highest BCUT2D eigenvalue weighted by atomic mass is 16.7. The summed E-state index contributed by atoms with van der Waals surface area (Å²) in [5, 5.41) is 114. The zero-order chi connectivity index (χ0) is 43.5. The molecule has 3 fully saturated rings. The summed E-state index contributed by atoms with van der Waals surface area (Å²) < 4.78 is 34.7. The van der Waals surface area contributed by atoms with Gasteiger partial charge in [0.1, 0.15) is 73.3 Å². The molecule has 0 aromatic heterocycles. The molecule has 60 heavy (non-hydrogen) atoms. The third-order valence-electron chi connectivity index (χ3n) is 11.1. The zero-order valence-electron chi connectivity index (χ0n) is 33.6. The highest BCUT2D eigenvalue weighted by Crippen LogP contribution is 2.31. The van der Waals surface area contributed by atoms with Crippen molar-refractivity contribution < 1.29 is 84.6 Å². The van der Waals surface area contributed by atoms with Crippen molar-refractivity contribution in [2.45, 2.75) is 118 Å². The standard InChI is InChI=1S/C41H62N2O17/c1-23(2)40(59-29(20-45)32(48)27(47)19-44)57-21-30-34(50)35(51)33(49)28(58-30)14-13-26(46)39-37(53)36(52)38(54)41(60-39)56-18-17-55-22-31-42(24-9-5-3-6-10-24)15-16-43(31)25-11-7-4-8-12-25/h3-12,26-41,44-54H,1,13-22H2,2H3/t26?,27-,28+,29-,30-,32+,33+,34-,35-,36+,37+,38-,39-,40+,41-/m1/s1. The van der Waals surface area contributed by atoms with Crippen molar-refractivity contribution in [3.63, 3.8) is 0 Å². The molecule has 0 bridgehead atoms. The first-order valence-electron chi connectivity index (χ1n) is 20.2. The number of hydrogen-bond acceptors (Lipinski definition) is 19. The number of rotatable bonds is 22. The van der Waals surface area contributed by atoms with Crippen molar-refractivity contribution in [3.05, 3.63) is 72.8 Å². The second-order valence-electron chi connectivity index (χ2n) is 15.4. The summed E-state index contributed by atoms with van der Waals surface area (Å²) in [5.41, 5.74) is 2.36. The molecule has 0 spiro atoms. The van der Waals surface area contributed by atoms with Crippen molar-refractivity contribution in [1.82, 2.24) is 0 Å². The number of hydrogen-bond donors (Lipinski definition) is 11. The lowest BCUT2D eigenvalue weighted by Gasteiger charge is -2.43. The summed E-state index contributed by atoms with van der Waals surface area (Å²) in [6.07, 6.45) is -23.5. The molecule has 3 saturated heterocycles. The fourth-order valence-corrected chi connectivity index (χ4v) is 7.57. The maximum Gasteiger partial charge on any atom is 0.186 e. The van der Waals surface area contributed by atoms with Gasteiger partial charge in [-0.25, -0.2) is 0 Å². The van der Waals surface area contributed by atoms with Crippen LogP contribution >= 0.6 is 0 Å². The maximum absolute atomic E-state index is 11.1. The van der Waals surface area contributed by atoms with E-state index in [0.29, 0.717) is 6.61 Å². The molecule has 3 aliphatic rings. The average molecular weight is 855 g/mol. The Bertz CT molecular complexity index is 1500. The minimum atomic E-state index is -1.75. The van der Waals surface area contributed by atoms with Crippen molar-refractivity contribution in [2.75, 3.05) is 62.5 Å². The molecule has 0 amide bonds. The minimum Gasteiger partial charge on any atom is -0.394 e. The third-order valence-corrected chi connectivity index (χ3v) is 11.1. The van der Waals surface area contributed by atoms with E-state index in [-0.39, 0.29) is 37.8 Å². The summed E-state index contributed by atoms with van der Waals surface area (Å²) in [7, 11) is 0. The van der Waals surface area contributed by atoms with Gasteiger partial charge in [0, 0.05) is 24.5 Å². The Morgan fingerprint density at radius 3 is 1.88 bits per heavy atom. The lowest BCUT2D eigenvalue weighted by atomic mass is 9.89. The first-order valence-corrected chi connectivity index (χ1v) is 20.2. The van der Waals surface area contributed by atoms with Gasteiger partial charge in [0.15, 0.2) is 12.6 Å². The van der Waals surface area contributed by atoms with Crippen LogP contribution in [0.4, 0.5) is 11.4 Å². The van der Waals surface area contributed by atoms with E-state index in [1.807, 2.05) is 60.7 Å². The fraction of sp³-hybridized carbons (Fsp3) is 0.659. The van der Waals surface area contributed by atoms with E-state index in [1.165, 1.54) is 6.92 Å². The maximum atomic E-state index is 11.1. The molecule has 2 aromatic carbocycles. The van der Waals surface area contributed by atoms with E-state index < -0.39 is 112 Å². The van der Waals surface area contributed by atoms with Crippen LogP contribution < -0.4 is 9.80 Å². The van der Waals surface area contributed by atoms with Gasteiger partial charge in [-0.05, 0) is 49.6 Å². The van der Waals surface area contributed by atoms with Gasteiger partial charge in [0.05, 0.1) is 51.8 Å². The van der Waals surface area contributed by atoms with Crippen LogP contribution in [0.1, 0.15) is 19.8 Å². The van der Waals surface area contributed by atoms with E-state index in [2.05, 4.69) is 16.4 Å². The van der Waals surface area contributed by atoms with Crippen LogP contribution in [-0.2, 0) is 28.4 Å². The smallest absolute Gasteiger partial charge is 0.186 e. The van der Waals surface area contributed by atoms with E-state index in [9.17, 15) is 51.1 Å². The summed E-state index contributed by atoms with van der Waals surface area (Å²) in [6, 6.07) is 20.0. The summed E-state index contributed by atoms with van der Waals surface area (Å²) in [5.74, 6) is 0. The Morgan fingerprint density at radius 2 is 1.32 bits per heavy atom. The SMILES string of the molecule is C=C(C)[C@@H](OC[C@H]1O[C@@H](CCC(O)[C@H]2O[C@@H](OCCOCC3N(c4ccccc4)CCN3c3ccccc3)[C@H](O)[C@@H](O)[C@@H]2O)[C@H](O)[C@@H](O)[C@@H]1O)O[C@H](CO)[C@@H](O)[C@H](O)CO. The molecule has 5 rings (SSSR count). The van der Waals surface area contributed by atoms with Crippen LogP contribution in [0.15, 0.2) is 72.8 Å². The molecule has 3 aliphatic heterocycles. The first kappa shape index (κ1) is 48.1. The van der Waals surface area contributed by atoms with Gasteiger partial charge >= 0.3 is 0 Å². The minimum absolute atomic E-state index is 0.0638. The van der Waals surface area contributed by atoms with Crippen molar-refractivity contribution in [3.8, 4) is 0 Å². The Labute approximate surface area is 348 Å². The Balaban J connectivity index is 1.12. The summed E-state index contributed by atoms with van der Waals surface area (Å²) in [4.78, 5) is 4.51. The van der Waals surface area contributed by atoms with E-state index in [4.69, 9.17) is 33.5 Å². The highest BCUT2D eigenvalue weighted by molar-refractivity contribution is 5.56. The molecule has 19 heteroatoms. The first-order chi connectivity index (χ1) is 28.8. The molecule has 11 N–H and O–H groups in total. The van der Waals surface area contributed by atoms with Crippen LogP contribution in [-0.4, -0.2) is 207 Å². The van der Waals surface area contributed by atoms with E-state index in [1.54, 1.807) is 0 Å². The second kappa shape index (κ2) is 23.0. The number of aliphatic hydroxyl groups excluding tert-OH is 11. The number of benzene rings is 2. The Morgan fingerprint density at radius 1 is 0.733 bits per heavy atom. The van der Waals surface area contributed by atoms with Gasteiger partial charge in [0.2, 0.25) is 0 Å². The molecule has 15 atom stereocenters. The van der Waals surface area contributed by atoms with Crippen molar-refractivity contribution in [2.24, 2.45) is 0 Å². The highest BCUT2D eigenvalue weighted by Gasteiger charge is 2.48. The van der Waals surface area contributed by atoms with Gasteiger partial charge in [-0.2, -0.15) is 0 Å². The monoisotopic (exact) mass is 854 g/mol. The van der Waals surface area contributed by atoms with Crippen molar-refractivity contribution >= 4 is 11.4 Å². The largest absolute Gasteiger partial charge is 0.394 e. The number of ether oxygens (including phenoxy) is 6. The van der Waals surface area contributed by atoms with Gasteiger partial charge < -0.3 is 94.4 Å². The molecule has 19 nitrogen and oxygen atoms in total. The Hall–Kier alpha value is -2.90. The van der Waals surface area contributed by atoms with Crippen molar-refractivity contribution in [1.29, 1.82) is 0 Å². The third kappa shape index (κ3) is 12.0. The molecule has 338 valence electrons. The molecular formula is C41H62N2O17. The van der Waals surface area contributed by atoms with Crippen LogP contribution in [0.3, 0.4) is 0 Å². The van der Waals surface area contributed by atoms with Crippen LogP contribution in [0.2, 0.25) is 0 Å². The zero-order valence-corrected chi connectivity index (χ0v) is 33.6. The predicted molar refractivity (Wildman–Crippen MR) is 212 cm³/mol. The average Bonchev–Trinajstić information content (AvgIpc) is 3.69. The summed E-state index contributed by atoms with van der Waals surface area (Å²) >= 11 is 0.